The summed E-state index contributed by atoms with van der Waals surface area (Å²) in [6.45, 7) is 0. The third-order valence-electron chi connectivity index (χ3n) is 10.8. The van der Waals surface area contributed by atoms with Crippen LogP contribution in [0.15, 0.2) is 199 Å². The summed E-state index contributed by atoms with van der Waals surface area (Å²) in [4.78, 5) is 7.30. The molecule has 0 N–H and O–H groups in total. The Morgan fingerprint density at radius 2 is 0.907 bits per heavy atom. The molecule has 3 nitrogen and oxygen atoms in total. The van der Waals surface area contributed by atoms with Gasteiger partial charge in [0, 0.05) is 33.4 Å². The van der Waals surface area contributed by atoms with E-state index in [-0.39, 0.29) is 0 Å². The largest absolute Gasteiger partial charge is 0.435 e. The summed E-state index contributed by atoms with van der Waals surface area (Å²) >= 11 is 0. The van der Waals surface area contributed by atoms with Gasteiger partial charge in [-0.3, -0.25) is 0 Å². The van der Waals surface area contributed by atoms with Gasteiger partial charge in [0.25, 0.3) is 0 Å². The van der Waals surface area contributed by atoms with Crippen molar-refractivity contribution in [2.24, 2.45) is 0 Å². The predicted molar refractivity (Wildman–Crippen MR) is 227 cm³/mol. The first-order valence-corrected chi connectivity index (χ1v) is 18.4. The van der Waals surface area contributed by atoms with Gasteiger partial charge in [-0.1, -0.05) is 140 Å². The van der Waals surface area contributed by atoms with E-state index in [1.54, 1.807) is 0 Å². The number of rotatable bonds is 5. The van der Waals surface area contributed by atoms with Crippen molar-refractivity contribution in [2.45, 2.75) is 0 Å². The first-order valence-electron chi connectivity index (χ1n) is 18.4. The van der Waals surface area contributed by atoms with E-state index in [0.29, 0.717) is 5.89 Å². The van der Waals surface area contributed by atoms with E-state index in [2.05, 4.69) is 169 Å². The zero-order valence-electron chi connectivity index (χ0n) is 29.3. The third-order valence-corrected chi connectivity index (χ3v) is 10.8. The minimum absolute atomic E-state index is 0.634. The van der Waals surface area contributed by atoms with Crippen molar-refractivity contribution in [3.8, 4) is 22.6 Å². The molecule has 0 radical (unpaired) electrons. The Balaban J connectivity index is 1.13. The molecule has 1 heterocycles. The summed E-state index contributed by atoms with van der Waals surface area (Å²) in [5, 5.41) is 11.9. The zero-order valence-corrected chi connectivity index (χ0v) is 29.3. The second-order valence-corrected chi connectivity index (χ2v) is 14.0. The van der Waals surface area contributed by atoms with E-state index in [0.717, 1.165) is 49.9 Å². The molecule has 0 aliphatic carbocycles. The molecule has 54 heavy (non-hydrogen) atoms. The molecule has 0 amide bonds. The number of hydrogen-bond acceptors (Lipinski definition) is 3. The minimum atomic E-state index is 0.634. The van der Waals surface area contributed by atoms with Crippen LogP contribution in [-0.4, -0.2) is 4.98 Å². The monoisotopic (exact) mass is 688 g/mol. The lowest BCUT2D eigenvalue weighted by Gasteiger charge is -2.27. The zero-order chi connectivity index (χ0) is 35.6. The molecule has 3 heteroatoms. The van der Waals surface area contributed by atoms with Crippen LogP contribution >= 0.6 is 0 Å². The Morgan fingerprint density at radius 3 is 1.69 bits per heavy atom. The molecule has 0 unspecified atom stereocenters. The summed E-state index contributed by atoms with van der Waals surface area (Å²) in [6.07, 6.45) is 0. The lowest BCUT2D eigenvalue weighted by atomic mass is 9.95. The highest BCUT2D eigenvalue weighted by Crippen LogP contribution is 2.43. The van der Waals surface area contributed by atoms with Crippen LogP contribution in [0.5, 0.6) is 0 Å². The van der Waals surface area contributed by atoms with Gasteiger partial charge in [0.15, 0.2) is 5.58 Å². The van der Waals surface area contributed by atoms with Gasteiger partial charge in [0.05, 0.1) is 0 Å². The Morgan fingerprint density at radius 1 is 0.352 bits per heavy atom. The Kier molecular flexibility index (Phi) is 6.86. The smallest absolute Gasteiger partial charge is 0.227 e. The van der Waals surface area contributed by atoms with Gasteiger partial charge >= 0.3 is 0 Å². The number of anilines is 3. The summed E-state index contributed by atoms with van der Waals surface area (Å²) in [7, 11) is 0. The highest BCUT2D eigenvalue weighted by Gasteiger charge is 2.18. The highest BCUT2D eigenvalue weighted by atomic mass is 16.3. The second kappa shape index (κ2) is 12.2. The molecule has 0 bridgehead atoms. The van der Waals surface area contributed by atoms with Crippen molar-refractivity contribution in [1.29, 1.82) is 0 Å². The maximum atomic E-state index is 6.59. The first-order chi connectivity index (χ1) is 26.7. The van der Waals surface area contributed by atoms with Crippen molar-refractivity contribution in [1.82, 2.24) is 4.98 Å². The van der Waals surface area contributed by atoms with Gasteiger partial charge in [0.1, 0.15) is 5.52 Å². The molecular weight excluding hydrogens is 657 g/mol. The fraction of sp³-hybridized carbons (Fsp3) is 0. The van der Waals surface area contributed by atoms with Crippen LogP contribution in [-0.2, 0) is 0 Å². The van der Waals surface area contributed by atoms with Crippen molar-refractivity contribution in [2.75, 3.05) is 4.90 Å². The lowest BCUT2D eigenvalue weighted by molar-refractivity contribution is 0.623. The molecule has 1 aromatic heterocycles. The fourth-order valence-electron chi connectivity index (χ4n) is 8.22. The maximum absolute atomic E-state index is 6.59. The maximum Gasteiger partial charge on any atom is 0.227 e. The van der Waals surface area contributed by atoms with Gasteiger partial charge in [-0.15, -0.1) is 0 Å². The van der Waals surface area contributed by atoms with Crippen molar-refractivity contribution in [3.63, 3.8) is 0 Å². The SMILES string of the molecule is c1ccc(-c2cccc(N(c3ccc4c(ccc5ccccc54)c3)c3ccc4c(ccc5ccc6ccc7nc(-c8ccccc8)oc7c6c54)c3)c2)cc1. The number of nitrogens with zero attached hydrogens (tertiary/aromatic N) is 2. The fourth-order valence-corrected chi connectivity index (χ4v) is 8.22. The van der Waals surface area contributed by atoms with Crippen LogP contribution < -0.4 is 4.90 Å². The second-order valence-electron chi connectivity index (χ2n) is 14.0. The topological polar surface area (TPSA) is 29.3 Å². The molecule has 0 fully saturated rings. The summed E-state index contributed by atoms with van der Waals surface area (Å²) in [5.41, 5.74) is 8.29. The normalized spacial score (nSPS) is 11.7. The van der Waals surface area contributed by atoms with Crippen LogP contribution in [0.3, 0.4) is 0 Å². The van der Waals surface area contributed by atoms with E-state index in [4.69, 9.17) is 9.40 Å². The lowest BCUT2D eigenvalue weighted by Crippen LogP contribution is -2.10. The molecule has 11 rings (SSSR count). The quantitative estimate of drug-likeness (QED) is 0.169. The Bertz CT molecular complexity index is 3220. The van der Waals surface area contributed by atoms with Crippen LogP contribution in [0.1, 0.15) is 0 Å². The van der Waals surface area contributed by atoms with Crippen molar-refractivity contribution < 1.29 is 4.42 Å². The van der Waals surface area contributed by atoms with Gasteiger partial charge in [-0.2, -0.15) is 0 Å². The number of hydrogen-bond donors (Lipinski definition) is 0. The van der Waals surface area contributed by atoms with E-state index >= 15 is 0 Å². The van der Waals surface area contributed by atoms with E-state index in [1.807, 2.05) is 30.3 Å². The van der Waals surface area contributed by atoms with Crippen LogP contribution in [0, 0.1) is 0 Å². The number of benzene rings is 10. The van der Waals surface area contributed by atoms with Gasteiger partial charge in [0.2, 0.25) is 5.89 Å². The Hall–Kier alpha value is -7.23. The number of fused-ring (bicyclic) bond motifs is 10. The average Bonchev–Trinajstić information content (AvgIpc) is 3.69. The molecule has 10 aromatic carbocycles. The molecule has 0 spiro atoms. The summed E-state index contributed by atoms with van der Waals surface area (Å²) in [5.74, 6) is 0.634. The van der Waals surface area contributed by atoms with Crippen LogP contribution in [0.2, 0.25) is 0 Å². The van der Waals surface area contributed by atoms with Gasteiger partial charge in [-0.05, 0) is 109 Å². The number of aromatic nitrogens is 1. The highest BCUT2D eigenvalue weighted by molar-refractivity contribution is 6.26. The minimum Gasteiger partial charge on any atom is -0.435 e. The average molecular weight is 689 g/mol. The molecule has 0 aliphatic heterocycles. The molecule has 11 aromatic rings. The van der Waals surface area contributed by atoms with E-state index in [1.165, 1.54) is 48.8 Å². The van der Waals surface area contributed by atoms with Gasteiger partial charge < -0.3 is 9.32 Å². The molecule has 0 aliphatic rings. The van der Waals surface area contributed by atoms with Crippen molar-refractivity contribution in [3.05, 3.63) is 194 Å². The molecule has 0 saturated heterocycles. The molecular formula is C51H32N2O. The summed E-state index contributed by atoms with van der Waals surface area (Å²) in [6, 6.07) is 69.5. The molecule has 0 saturated carbocycles. The third kappa shape index (κ3) is 4.94. The summed E-state index contributed by atoms with van der Waals surface area (Å²) < 4.78 is 6.59. The van der Waals surface area contributed by atoms with Crippen LogP contribution in [0.4, 0.5) is 17.1 Å². The van der Waals surface area contributed by atoms with Gasteiger partial charge in [-0.25, -0.2) is 4.98 Å². The predicted octanol–water partition coefficient (Wildman–Crippen LogP) is 14.4. The van der Waals surface area contributed by atoms with E-state index < -0.39 is 0 Å². The molecule has 0 atom stereocenters. The van der Waals surface area contributed by atoms with Crippen LogP contribution in [0.25, 0.3) is 87.5 Å². The number of oxazole rings is 1. The standard InChI is InChI=1S/C51H32N2O/c1-3-10-33(11-4-1)38-15-9-16-41(30-38)53(42-25-27-45-39(31-42)22-18-34-12-7-8-17-44(34)45)43-26-28-46-40(32-43)23-21-35-19-20-36-24-29-47-50(49(36)48(35)46)54-51(52-47)37-13-5-2-6-14-37/h1-32H. The first kappa shape index (κ1) is 30.4. The van der Waals surface area contributed by atoms with Crippen molar-refractivity contribution >= 4 is 82.0 Å². The Labute approximate surface area is 312 Å². The van der Waals surface area contributed by atoms with E-state index in [9.17, 15) is 0 Å². The molecule has 252 valence electrons.